The van der Waals surface area contributed by atoms with E-state index in [4.69, 9.17) is 4.55 Å². The molecule has 0 fully saturated rings. The van der Waals surface area contributed by atoms with E-state index >= 15 is 0 Å². The van der Waals surface area contributed by atoms with Crippen LogP contribution in [0.15, 0.2) is 0 Å². The average Bonchev–Trinajstić information content (AvgIpc) is 1.95. The minimum Gasteiger partial charge on any atom is -0.462 e. The van der Waals surface area contributed by atoms with Gasteiger partial charge < -0.3 is 4.74 Å². The van der Waals surface area contributed by atoms with Crippen LogP contribution in [0.1, 0.15) is 20.8 Å². The Bertz CT molecular complexity index is 303. The molecule has 0 amide bonds. The first-order valence-electron chi connectivity index (χ1n) is 3.81. The van der Waals surface area contributed by atoms with Crippen LogP contribution in [-0.2, 0) is 19.6 Å². The van der Waals surface area contributed by atoms with Gasteiger partial charge in [0.25, 0.3) is 0 Å². The maximum absolute atomic E-state index is 12.6. The Morgan fingerprint density at radius 2 is 1.93 bits per heavy atom. The molecule has 7 heteroatoms. The molecule has 0 aromatic carbocycles. The molecule has 0 radical (unpaired) electrons. The lowest BCUT2D eigenvalue weighted by molar-refractivity contribution is -0.149. The van der Waals surface area contributed by atoms with E-state index in [1.165, 1.54) is 0 Å². The lowest BCUT2D eigenvalue weighted by Crippen LogP contribution is -2.30. The minimum absolute atomic E-state index is 0.123. The molecule has 14 heavy (non-hydrogen) atoms. The molecule has 0 aliphatic carbocycles. The highest BCUT2D eigenvalue weighted by Crippen LogP contribution is 2.14. The number of rotatable bonds is 3. The number of carbonyl (C=O) groups is 1. The molecule has 0 rings (SSSR count). The van der Waals surface area contributed by atoms with Crippen molar-refractivity contribution in [1.82, 2.24) is 0 Å². The van der Waals surface area contributed by atoms with Gasteiger partial charge in [-0.15, -0.1) is 0 Å². The standard InChI is InChI=1S/C7H13FO5S/c1-7(2,3)4-13-6(9)5(8)14(10,11)12/h5H,4H2,1-3H3,(H,10,11,12). The van der Waals surface area contributed by atoms with Crippen molar-refractivity contribution in [2.75, 3.05) is 6.61 Å². The van der Waals surface area contributed by atoms with Gasteiger partial charge in [0.1, 0.15) is 0 Å². The third kappa shape index (κ3) is 5.13. The van der Waals surface area contributed by atoms with Crippen molar-refractivity contribution in [2.45, 2.75) is 26.3 Å². The predicted molar refractivity (Wildman–Crippen MR) is 46.9 cm³/mol. The Labute approximate surface area is 82.0 Å². The van der Waals surface area contributed by atoms with Gasteiger partial charge >= 0.3 is 21.6 Å². The normalized spacial score (nSPS) is 14.9. The maximum Gasteiger partial charge on any atom is 0.359 e. The summed E-state index contributed by atoms with van der Waals surface area (Å²) in [6.07, 6.45) is 0. The molecule has 84 valence electrons. The number of alkyl halides is 1. The van der Waals surface area contributed by atoms with Crippen molar-refractivity contribution in [3.8, 4) is 0 Å². The lowest BCUT2D eigenvalue weighted by atomic mass is 9.99. The molecular formula is C7H13FO5S. The van der Waals surface area contributed by atoms with Crippen molar-refractivity contribution in [2.24, 2.45) is 5.41 Å². The SMILES string of the molecule is CC(C)(C)COC(=O)C(F)S(=O)(=O)O. The van der Waals surface area contributed by atoms with Gasteiger partial charge in [-0.05, 0) is 5.41 Å². The summed E-state index contributed by atoms with van der Waals surface area (Å²) in [4.78, 5) is 10.7. The Morgan fingerprint density at radius 3 is 2.21 bits per heavy atom. The fourth-order valence-electron chi connectivity index (χ4n) is 0.475. The molecule has 1 unspecified atom stereocenters. The van der Waals surface area contributed by atoms with E-state index in [0.29, 0.717) is 0 Å². The Balaban J connectivity index is 4.25. The summed E-state index contributed by atoms with van der Waals surface area (Å²) in [5.74, 6) is -1.59. The van der Waals surface area contributed by atoms with Gasteiger partial charge in [-0.2, -0.15) is 8.42 Å². The van der Waals surface area contributed by atoms with E-state index in [-0.39, 0.29) is 6.61 Å². The second-order valence-electron chi connectivity index (χ2n) is 4.00. The van der Waals surface area contributed by atoms with Crippen LogP contribution in [0.2, 0.25) is 0 Å². The molecular weight excluding hydrogens is 215 g/mol. The summed E-state index contributed by atoms with van der Waals surface area (Å²) in [6.45, 7) is 5.05. The van der Waals surface area contributed by atoms with Crippen molar-refractivity contribution >= 4 is 16.1 Å². The Kier molecular flexibility index (Phi) is 4.01. The molecule has 0 heterocycles. The highest BCUT2D eigenvalue weighted by Gasteiger charge is 2.33. The zero-order valence-electron chi connectivity index (χ0n) is 8.15. The number of hydrogen-bond donors (Lipinski definition) is 1. The number of hydrogen-bond acceptors (Lipinski definition) is 4. The van der Waals surface area contributed by atoms with Gasteiger partial charge in [-0.25, -0.2) is 9.18 Å². The van der Waals surface area contributed by atoms with Gasteiger partial charge in [-0.1, -0.05) is 20.8 Å². The van der Waals surface area contributed by atoms with Gasteiger partial charge in [0, 0.05) is 0 Å². The third-order valence-electron chi connectivity index (χ3n) is 1.09. The van der Waals surface area contributed by atoms with Crippen LogP contribution in [0.25, 0.3) is 0 Å². The summed E-state index contributed by atoms with van der Waals surface area (Å²) < 4.78 is 45.4. The van der Waals surface area contributed by atoms with Crippen LogP contribution in [0.4, 0.5) is 4.39 Å². The van der Waals surface area contributed by atoms with Crippen molar-refractivity contribution in [1.29, 1.82) is 0 Å². The first kappa shape index (κ1) is 13.3. The first-order chi connectivity index (χ1) is 6.04. The molecule has 0 aliphatic heterocycles. The average molecular weight is 228 g/mol. The zero-order valence-corrected chi connectivity index (χ0v) is 8.97. The van der Waals surface area contributed by atoms with Crippen LogP contribution >= 0.6 is 0 Å². The van der Waals surface area contributed by atoms with Crippen LogP contribution in [0, 0.1) is 5.41 Å². The molecule has 0 aliphatic rings. The largest absolute Gasteiger partial charge is 0.462 e. The summed E-state index contributed by atoms with van der Waals surface area (Å²) in [7, 11) is -5.01. The second-order valence-corrected chi connectivity index (χ2v) is 5.44. The highest BCUT2D eigenvalue weighted by atomic mass is 32.2. The van der Waals surface area contributed by atoms with E-state index < -0.39 is 27.0 Å². The second kappa shape index (κ2) is 4.22. The summed E-state index contributed by atoms with van der Waals surface area (Å²) >= 11 is 0. The van der Waals surface area contributed by atoms with Gasteiger partial charge in [-0.3, -0.25) is 4.55 Å². The predicted octanol–water partition coefficient (Wildman–Crippen LogP) is 0.759. The van der Waals surface area contributed by atoms with Crippen LogP contribution in [0.5, 0.6) is 0 Å². The quantitative estimate of drug-likeness (QED) is 0.569. The molecule has 0 bridgehead atoms. The Hall–Kier alpha value is -0.690. The van der Waals surface area contributed by atoms with Gasteiger partial charge in [0.2, 0.25) is 0 Å². The smallest absolute Gasteiger partial charge is 0.359 e. The Morgan fingerprint density at radius 1 is 1.50 bits per heavy atom. The summed E-state index contributed by atoms with van der Waals surface area (Å²) in [5.41, 5.74) is -3.42. The van der Waals surface area contributed by atoms with Crippen molar-refractivity contribution < 1.29 is 26.9 Å². The minimum atomic E-state index is -5.01. The number of carbonyl (C=O) groups excluding carboxylic acids is 1. The van der Waals surface area contributed by atoms with Crippen LogP contribution in [-0.4, -0.2) is 31.1 Å². The van der Waals surface area contributed by atoms with E-state index in [9.17, 15) is 17.6 Å². The molecule has 5 nitrogen and oxygen atoms in total. The summed E-state index contributed by atoms with van der Waals surface area (Å²) in [5, 5.41) is 0. The van der Waals surface area contributed by atoms with Crippen LogP contribution in [0.3, 0.4) is 0 Å². The molecule has 0 aromatic heterocycles. The van der Waals surface area contributed by atoms with E-state index in [2.05, 4.69) is 4.74 Å². The van der Waals surface area contributed by atoms with Crippen LogP contribution < -0.4 is 0 Å². The zero-order chi connectivity index (χ0) is 11.6. The molecule has 0 spiro atoms. The van der Waals surface area contributed by atoms with Crippen molar-refractivity contribution in [3.63, 3.8) is 0 Å². The fraction of sp³-hybridized carbons (Fsp3) is 0.857. The van der Waals surface area contributed by atoms with Crippen molar-refractivity contribution in [3.05, 3.63) is 0 Å². The van der Waals surface area contributed by atoms with Gasteiger partial charge in [0.15, 0.2) is 0 Å². The fourth-order valence-corrected chi connectivity index (χ4v) is 0.786. The summed E-state index contributed by atoms with van der Waals surface area (Å²) in [6, 6.07) is 0. The molecule has 0 saturated heterocycles. The molecule has 1 N–H and O–H groups in total. The molecule has 1 atom stereocenters. The molecule has 0 saturated carbocycles. The number of ether oxygens (including phenoxy) is 1. The number of halogens is 1. The highest BCUT2D eigenvalue weighted by molar-refractivity contribution is 7.87. The topological polar surface area (TPSA) is 80.7 Å². The lowest BCUT2D eigenvalue weighted by Gasteiger charge is -2.18. The van der Waals surface area contributed by atoms with E-state index in [1.807, 2.05) is 0 Å². The molecule has 0 aromatic rings. The van der Waals surface area contributed by atoms with E-state index in [0.717, 1.165) is 0 Å². The third-order valence-corrected chi connectivity index (χ3v) is 1.81. The first-order valence-corrected chi connectivity index (χ1v) is 5.31. The maximum atomic E-state index is 12.6. The number of esters is 1. The van der Waals surface area contributed by atoms with E-state index in [1.54, 1.807) is 20.8 Å². The van der Waals surface area contributed by atoms with Gasteiger partial charge in [0.05, 0.1) is 6.61 Å². The monoisotopic (exact) mass is 228 g/mol.